The fourth-order valence-electron chi connectivity index (χ4n) is 2.59. The molecule has 0 aliphatic heterocycles. The van der Waals surface area contributed by atoms with Gasteiger partial charge in [0.2, 0.25) is 5.95 Å². The molecule has 3 aromatic rings. The summed E-state index contributed by atoms with van der Waals surface area (Å²) in [6, 6.07) is 17.8. The number of hydrogen-bond acceptors (Lipinski definition) is 5. The van der Waals surface area contributed by atoms with E-state index >= 15 is 0 Å². The molecule has 5 heteroatoms. The van der Waals surface area contributed by atoms with Gasteiger partial charge >= 0.3 is 0 Å². The molecule has 1 aromatic heterocycles. The highest BCUT2D eigenvalue weighted by Crippen LogP contribution is 2.28. The SMILES string of the molecule is Cc1cc(Nc2ccccc2C)nc(Nc2ccccc2OC(C)C)n1. The molecule has 0 bridgehead atoms. The Morgan fingerprint density at radius 3 is 2.27 bits per heavy atom. The molecule has 1 heterocycles. The highest BCUT2D eigenvalue weighted by molar-refractivity contribution is 5.65. The van der Waals surface area contributed by atoms with E-state index in [9.17, 15) is 0 Å². The van der Waals surface area contributed by atoms with Gasteiger partial charge in [-0.1, -0.05) is 30.3 Å². The lowest BCUT2D eigenvalue weighted by atomic mass is 10.2. The summed E-state index contributed by atoms with van der Waals surface area (Å²) >= 11 is 0. The standard InChI is InChI=1S/C21H24N4O/c1-14(2)26-19-12-8-7-11-18(19)24-21-22-16(4)13-20(25-21)23-17-10-6-5-9-15(17)3/h5-14H,1-4H3,(H2,22,23,24,25). The zero-order valence-corrected chi connectivity index (χ0v) is 15.6. The van der Waals surface area contributed by atoms with E-state index < -0.39 is 0 Å². The summed E-state index contributed by atoms with van der Waals surface area (Å²) in [5.74, 6) is 2.05. The first-order valence-electron chi connectivity index (χ1n) is 8.72. The number of nitrogens with zero attached hydrogens (tertiary/aromatic N) is 2. The van der Waals surface area contributed by atoms with Gasteiger partial charge in [-0.05, 0) is 51.5 Å². The van der Waals surface area contributed by atoms with Crippen LogP contribution in [0.15, 0.2) is 54.6 Å². The monoisotopic (exact) mass is 348 g/mol. The van der Waals surface area contributed by atoms with Crippen LogP contribution in [-0.4, -0.2) is 16.1 Å². The van der Waals surface area contributed by atoms with Gasteiger partial charge in [0.1, 0.15) is 11.6 Å². The van der Waals surface area contributed by atoms with E-state index in [0.717, 1.165) is 34.2 Å². The van der Waals surface area contributed by atoms with E-state index in [1.807, 2.05) is 69.3 Å². The van der Waals surface area contributed by atoms with Gasteiger partial charge in [0.05, 0.1) is 11.8 Å². The molecule has 0 radical (unpaired) electrons. The number of benzene rings is 2. The highest BCUT2D eigenvalue weighted by atomic mass is 16.5. The molecule has 134 valence electrons. The second-order valence-corrected chi connectivity index (χ2v) is 6.45. The van der Waals surface area contributed by atoms with E-state index in [-0.39, 0.29) is 6.10 Å². The Balaban J connectivity index is 1.86. The first-order chi connectivity index (χ1) is 12.5. The minimum absolute atomic E-state index is 0.0923. The fourth-order valence-corrected chi connectivity index (χ4v) is 2.59. The first kappa shape index (κ1) is 17.7. The molecule has 0 saturated heterocycles. The summed E-state index contributed by atoms with van der Waals surface area (Å²) in [6.45, 7) is 8.02. The molecule has 0 aliphatic rings. The van der Waals surface area contributed by atoms with Crippen molar-refractivity contribution in [3.8, 4) is 5.75 Å². The molecule has 0 fully saturated rings. The van der Waals surface area contributed by atoms with Crippen LogP contribution in [0.5, 0.6) is 5.75 Å². The van der Waals surface area contributed by atoms with Gasteiger partial charge in [0, 0.05) is 17.4 Å². The third kappa shape index (κ3) is 4.51. The average molecular weight is 348 g/mol. The number of aryl methyl sites for hydroxylation is 2. The second-order valence-electron chi connectivity index (χ2n) is 6.45. The van der Waals surface area contributed by atoms with Crippen molar-refractivity contribution in [2.24, 2.45) is 0 Å². The maximum atomic E-state index is 5.86. The molecule has 5 nitrogen and oxygen atoms in total. The summed E-state index contributed by atoms with van der Waals surface area (Å²) in [6.07, 6.45) is 0.0923. The largest absolute Gasteiger partial charge is 0.489 e. The lowest BCUT2D eigenvalue weighted by Crippen LogP contribution is -2.08. The maximum absolute atomic E-state index is 5.86. The maximum Gasteiger partial charge on any atom is 0.229 e. The summed E-state index contributed by atoms with van der Waals surface area (Å²) in [5.41, 5.74) is 3.91. The molecule has 0 aliphatic carbocycles. The average Bonchev–Trinajstić information content (AvgIpc) is 2.58. The molecule has 0 spiro atoms. The normalized spacial score (nSPS) is 10.7. The van der Waals surface area contributed by atoms with E-state index in [1.165, 1.54) is 0 Å². The Hall–Kier alpha value is -3.08. The molecule has 0 unspecified atom stereocenters. The van der Waals surface area contributed by atoms with Crippen LogP contribution >= 0.6 is 0 Å². The zero-order chi connectivity index (χ0) is 18.5. The van der Waals surface area contributed by atoms with Gasteiger partial charge in [0.25, 0.3) is 0 Å². The van der Waals surface area contributed by atoms with Crippen molar-refractivity contribution < 1.29 is 4.74 Å². The molecule has 0 atom stereocenters. The van der Waals surface area contributed by atoms with Crippen LogP contribution in [0.2, 0.25) is 0 Å². The third-order valence-electron chi connectivity index (χ3n) is 3.76. The molecule has 3 rings (SSSR count). The van der Waals surface area contributed by atoms with Crippen LogP contribution in [-0.2, 0) is 0 Å². The number of hydrogen-bond donors (Lipinski definition) is 2. The number of aromatic nitrogens is 2. The Morgan fingerprint density at radius 2 is 1.54 bits per heavy atom. The Kier molecular flexibility index (Phi) is 5.37. The van der Waals surface area contributed by atoms with Crippen LogP contribution in [0.1, 0.15) is 25.1 Å². The third-order valence-corrected chi connectivity index (χ3v) is 3.76. The minimum atomic E-state index is 0.0923. The predicted molar refractivity (Wildman–Crippen MR) is 107 cm³/mol. The van der Waals surface area contributed by atoms with Crippen LogP contribution < -0.4 is 15.4 Å². The van der Waals surface area contributed by atoms with E-state index in [1.54, 1.807) is 0 Å². The number of nitrogens with one attached hydrogen (secondary N) is 2. The molecule has 26 heavy (non-hydrogen) atoms. The predicted octanol–water partition coefficient (Wildman–Crippen LogP) is 5.37. The van der Waals surface area contributed by atoms with Gasteiger partial charge < -0.3 is 15.4 Å². The summed E-state index contributed by atoms with van der Waals surface area (Å²) < 4.78 is 5.86. The van der Waals surface area contributed by atoms with Crippen molar-refractivity contribution in [3.63, 3.8) is 0 Å². The van der Waals surface area contributed by atoms with Crippen LogP contribution in [0.4, 0.5) is 23.1 Å². The summed E-state index contributed by atoms with van der Waals surface area (Å²) in [5, 5.41) is 6.64. The Morgan fingerprint density at radius 1 is 0.846 bits per heavy atom. The number of rotatable bonds is 6. The van der Waals surface area contributed by atoms with Crippen molar-refractivity contribution in [1.29, 1.82) is 0 Å². The molecule has 2 N–H and O–H groups in total. The van der Waals surface area contributed by atoms with Gasteiger partial charge in [-0.25, -0.2) is 4.98 Å². The summed E-state index contributed by atoms with van der Waals surface area (Å²) in [4.78, 5) is 9.09. The van der Waals surface area contributed by atoms with Gasteiger partial charge in [-0.3, -0.25) is 0 Å². The van der Waals surface area contributed by atoms with Crippen molar-refractivity contribution in [2.75, 3.05) is 10.6 Å². The van der Waals surface area contributed by atoms with Crippen molar-refractivity contribution in [2.45, 2.75) is 33.8 Å². The minimum Gasteiger partial charge on any atom is -0.489 e. The molecule has 2 aromatic carbocycles. The smallest absolute Gasteiger partial charge is 0.229 e. The van der Waals surface area contributed by atoms with Crippen LogP contribution in [0.3, 0.4) is 0 Å². The number of para-hydroxylation sites is 3. The van der Waals surface area contributed by atoms with E-state index in [0.29, 0.717) is 5.95 Å². The van der Waals surface area contributed by atoms with Crippen LogP contribution in [0, 0.1) is 13.8 Å². The second kappa shape index (κ2) is 7.87. The fraction of sp³-hybridized carbons (Fsp3) is 0.238. The quantitative estimate of drug-likeness (QED) is 0.627. The summed E-state index contributed by atoms with van der Waals surface area (Å²) in [7, 11) is 0. The van der Waals surface area contributed by atoms with Crippen molar-refractivity contribution in [3.05, 3.63) is 65.9 Å². The first-order valence-corrected chi connectivity index (χ1v) is 8.72. The van der Waals surface area contributed by atoms with Crippen molar-refractivity contribution >= 4 is 23.1 Å². The topological polar surface area (TPSA) is 59.1 Å². The van der Waals surface area contributed by atoms with E-state index in [2.05, 4.69) is 33.6 Å². The molecular weight excluding hydrogens is 324 g/mol. The number of anilines is 4. The lowest BCUT2D eigenvalue weighted by Gasteiger charge is -2.15. The van der Waals surface area contributed by atoms with Gasteiger partial charge in [-0.2, -0.15) is 4.98 Å². The Bertz CT molecular complexity index is 893. The lowest BCUT2D eigenvalue weighted by molar-refractivity contribution is 0.244. The van der Waals surface area contributed by atoms with Gasteiger partial charge in [-0.15, -0.1) is 0 Å². The zero-order valence-electron chi connectivity index (χ0n) is 15.6. The molecular formula is C21H24N4O. The van der Waals surface area contributed by atoms with E-state index in [4.69, 9.17) is 4.74 Å². The molecule has 0 saturated carbocycles. The Labute approximate surface area is 154 Å². The van der Waals surface area contributed by atoms with Gasteiger partial charge in [0.15, 0.2) is 0 Å². The highest BCUT2D eigenvalue weighted by Gasteiger charge is 2.09. The van der Waals surface area contributed by atoms with Crippen molar-refractivity contribution in [1.82, 2.24) is 9.97 Å². The van der Waals surface area contributed by atoms with Crippen LogP contribution in [0.25, 0.3) is 0 Å². The molecule has 0 amide bonds. The number of ether oxygens (including phenoxy) is 1.